The highest BCUT2D eigenvalue weighted by Crippen LogP contribution is 2.48. The van der Waals surface area contributed by atoms with Gasteiger partial charge in [-0.3, -0.25) is 0 Å². The normalized spacial score (nSPS) is 13.6. The number of hydrogen-bond acceptors (Lipinski definition) is 1. The third kappa shape index (κ3) is 2.37. The molecule has 0 spiro atoms. The van der Waals surface area contributed by atoms with E-state index in [0.717, 1.165) is 0 Å². The molecule has 0 aliphatic heterocycles. The predicted molar refractivity (Wildman–Crippen MR) is 52.0 cm³/mol. The molecule has 0 unspecified atom stereocenters. The Morgan fingerprint density at radius 3 is 1.58 bits per heavy atom. The predicted octanol–water partition coefficient (Wildman–Crippen LogP) is 3.22. The summed E-state index contributed by atoms with van der Waals surface area (Å²) in [6, 6.07) is 0. The fraction of sp³-hybridized carbons (Fsp3) is 0.750. The van der Waals surface area contributed by atoms with Crippen LogP contribution < -0.4 is 0 Å². The molecule has 72 valence electrons. The van der Waals surface area contributed by atoms with E-state index in [-0.39, 0.29) is 0 Å². The van der Waals surface area contributed by atoms with Gasteiger partial charge in [0.05, 0.1) is 0 Å². The van der Waals surface area contributed by atoms with Gasteiger partial charge in [-0.15, -0.1) is 23.2 Å². The molecular weight excluding hydrogens is 293 g/mol. The van der Waals surface area contributed by atoms with Crippen LogP contribution in [0.15, 0.2) is 0 Å². The van der Waals surface area contributed by atoms with Crippen molar-refractivity contribution >= 4 is 75.6 Å². The Balaban J connectivity index is 4.88. The lowest BCUT2D eigenvalue weighted by molar-refractivity contribution is -0.138. The molecule has 1 N–H and O–H groups in total. The van der Waals surface area contributed by atoms with Crippen molar-refractivity contribution in [3.05, 3.63) is 0 Å². The Kier molecular flexibility index (Phi) is 4.58. The summed E-state index contributed by atoms with van der Waals surface area (Å²) in [7, 11) is 0. The zero-order valence-corrected chi connectivity index (χ0v) is 9.74. The number of halogens is 6. The van der Waals surface area contributed by atoms with E-state index in [2.05, 4.69) is 0 Å². The second-order valence-corrected chi connectivity index (χ2v) is 5.61. The van der Waals surface area contributed by atoms with Gasteiger partial charge in [-0.25, -0.2) is 4.79 Å². The van der Waals surface area contributed by atoms with E-state index in [1.54, 1.807) is 0 Å². The lowest BCUT2D eigenvalue weighted by Gasteiger charge is -2.29. The lowest BCUT2D eigenvalue weighted by atomic mass is 10.3. The lowest BCUT2D eigenvalue weighted by Crippen LogP contribution is -2.47. The third-order valence-corrected chi connectivity index (χ3v) is 4.37. The molecule has 0 aromatic carbocycles. The van der Waals surface area contributed by atoms with Gasteiger partial charge in [-0.05, 0) is 0 Å². The maximum Gasteiger partial charge on any atom is 0.343 e. The highest BCUT2D eigenvalue weighted by atomic mass is 35.5. The molecule has 0 saturated heterocycles. The Hall–Kier alpha value is 1.21. The SMILES string of the molecule is O=C(O)C(Cl)(Cl)C(Cl)(Cl)C(Cl)Cl. The summed E-state index contributed by atoms with van der Waals surface area (Å²) in [5, 5.41) is 8.48. The van der Waals surface area contributed by atoms with E-state index in [9.17, 15) is 4.79 Å². The molecule has 0 rings (SSSR count). The minimum atomic E-state index is -2.45. The Labute approximate surface area is 98.6 Å². The first kappa shape index (κ1) is 13.2. The van der Waals surface area contributed by atoms with E-state index in [0.29, 0.717) is 0 Å². The molecule has 0 fully saturated rings. The van der Waals surface area contributed by atoms with Crippen LogP contribution in [0.4, 0.5) is 0 Å². The fourth-order valence-corrected chi connectivity index (χ4v) is 1.21. The summed E-state index contributed by atoms with van der Waals surface area (Å²) >= 11 is 31.9. The number of aliphatic carboxylic acids is 1. The van der Waals surface area contributed by atoms with Gasteiger partial charge in [0, 0.05) is 0 Å². The molecule has 0 bridgehead atoms. The summed E-state index contributed by atoms with van der Waals surface area (Å²) < 4.78 is -4.63. The number of carboxylic acids is 1. The first-order valence-corrected chi connectivity index (χ1v) is 4.79. The van der Waals surface area contributed by atoms with Gasteiger partial charge in [-0.1, -0.05) is 46.4 Å². The molecule has 0 atom stereocenters. The number of carboxylic acid groups (broad SMARTS) is 1. The summed E-state index contributed by atoms with van der Waals surface area (Å²) in [4.78, 5) is 9.00. The zero-order chi connectivity index (χ0) is 10.2. The zero-order valence-electron chi connectivity index (χ0n) is 5.20. The van der Waals surface area contributed by atoms with Gasteiger partial charge in [0.25, 0.3) is 0 Å². The molecule has 0 heterocycles. The van der Waals surface area contributed by atoms with Crippen molar-refractivity contribution in [1.82, 2.24) is 0 Å². The molecular formula is C4H2Cl6O2. The van der Waals surface area contributed by atoms with Crippen molar-refractivity contribution in [1.29, 1.82) is 0 Å². The highest BCUT2D eigenvalue weighted by molar-refractivity contribution is 6.72. The van der Waals surface area contributed by atoms with Crippen LogP contribution in [0.5, 0.6) is 0 Å². The average molecular weight is 295 g/mol. The summed E-state index contributed by atoms with van der Waals surface area (Å²) in [5.74, 6) is -1.62. The maximum atomic E-state index is 10.4. The van der Waals surface area contributed by atoms with Crippen LogP contribution in [-0.4, -0.2) is 24.6 Å². The second kappa shape index (κ2) is 4.16. The number of hydrogen-bond donors (Lipinski definition) is 1. The Morgan fingerprint density at radius 1 is 1.17 bits per heavy atom. The van der Waals surface area contributed by atoms with Crippen molar-refractivity contribution in [2.45, 2.75) is 13.5 Å². The first-order chi connectivity index (χ1) is 5.14. The minimum absolute atomic E-state index is 1.42. The maximum absolute atomic E-state index is 10.4. The van der Waals surface area contributed by atoms with Gasteiger partial charge in [0.2, 0.25) is 4.33 Å². The molecule has 0 aromatic heterocycles. The van der Waals surface area contributed by atoms with Crippen LogP contribution in [0.3, 0.4) is 0 Å². The largest absolute Gasteiger partial charge is 0.479 e. The quantitative estimate of drug-likeness (QED) is 0.812. The number of rotatable bonds is 3. The van der Waals surface area contributed by atoms with Gasteiger partial charge < -0.3 is 5.11 Å². The molecule has 0 radical (unpaired) electrons. The number of alkyl halides is 6. The standard InChI is InChI=1S/C4H2Cl6O2/c5-1(6)3(7,8)4(9,10)2(11)12/h1H,(H,11,12). The van der Waals surface area contributed by atoms with Crippen LogP contribution in [0.1, 0.15) is 0 Å². The molecule has 2 nitrogen and oxygen atoms in total. The Morgan fingerprint density at radius 2 is 1.50 bits per heavy atom. The number of carbonyl (C=O) groups is 1. The van der Waals surface area contributed by atoms with Crippen LogP contribution >= 0.6 is 69.6 Å². The Bertz CT molecular complexity index is 188. The van der Waals surface area contributed by atoms with Crippen molar-refractivity contribution in [2.24, 2.45) is 0 Å². The van der Waals surface area contributed by atoms with Gasteiger partial charge >= 0.3 is 5.97 Å². The minimum Gasteiger partial charge on any atom is -0.479 e. The van der Waals surface area contributed by atoms with Crippen molar-refractivity contribution in [3.8, 4) is 0 Å². The van der Waals surface area contributed by atoms with E-state index < -0.39 is 19.5 Å². The van der Waals surface area contributed by atoms with Crippen LogP contribution in [0, 0.1) is 0 Å². The summed E-state index contributed by atoms with van der Waals surface area (Å²) in [5.41, 5.74) is 0. The third-order valence-electron chi connectivity index (χ3n) is 0.961. The summed E-state index contributed by atoms with van der Waals surface area (Å²) in [6.45, 7) is 0. The van der Waals surface area contributed by atoms with Gasteiger partial charge in [0.1, 0.15) is 4.84 Å². The smallest absolute Gasteiger partial charge is 0.343 e. The molecule has 0 saturated carbocycles. The van der Waals surface area contributed by atoms with Crippen LogP contribution in [0.2, 0.25) is 0 Å². The molecule has 12 heavy (non-hydrogen) atoms. The summed E-state index contributed by atoms with van der Waals surface area (Å²) in [6.07, 6.45) is 0. The second-order valence-electron chi connectivity index (χ2n) is 1.80. The monoisotopic (exact) mass is 292 g/mol. The van der Waals surface area contributed by atoms with E-state index in [4.69, 9.17) is 74.7 Å². The van der Waals surface area contributed by atoms with Gasteiger partial charge in [0.15, 0.2) is 4.33 Å². The van der Waals surface area contributed by atoms with E-state index in [1.807, 2.05) is 0 Å². The van der Waals surface area contributed by atoms with Crippen LogP contribution in [-0.2, 0) is 4.79 Å². The highest BCUT2D eigenvalue weighted by Gasteiger charge is 2.57. The van der Waals surface area contributed by atoms with E-state index >= 15 is 0 Å². The molecule has 0 amide bonds. The molecule has 0 aliphatic rings. The fourth-order valence-electron chi connectivity index (χ4n) is 0.280. The topological polar surface area (TPSA) is 37.3 Å². The van der Waals surface area contributed by atoms with Crippen molar-refractivity contribution in [2.75, 3.05) is 0 Å². The average Bonchev–Trinajstić information content (AvgIpc) is 1.86. The first-order valence-electron chi connectivity index (χ1n) is 2.41. The molecule has 0 aromatic rings. The molecule has 0 aliphatic carbocycles. The van der Waals surface area contributed by atoms with Crippen molar-refractivity contribution in [3.63, 3.8) is 0 Å². The molecule has 8 heteroatoms. The van der Waals surface area contributed by atoms with E-state index in [1.165, 1.54) is 0 Å². The van der Waals surface area contributed by atoms with Crippen molar-refractivity contribution < 1.29 is 9.90 Å². The van der Waals surface area contributed by atoms with Gasteiger partial charge in [-0.2, -0.15) is 0 Å². The van der Waals surface area contributed by atoms with Crippen LogP contribution in [0.25, 0.3) is 0 Å².